The zero-order chi connectivity index (χ0) is 23.2. The second-order valence-corrected chi connectivity index (χ2v) is 10.8. The molecule has 2 saturated heterocycles. The van der Waals surface area contributed by atoms with Crippen molar-refractivity contribution >= 4 is 5.95 Å². The van der Waals surface area contributed by atoms with Gasteiger partial charge in [0.1, 0.15) is 12.4 Å². The van der Waals surface area contributed by atoms with Gasteiger partial charge in [-0.25, -0.2) is 9.97 Å². The monoisotopic (exact) mass is 454 g/mol. The van der Waals surface area contributed by atoms with Crippen molar-refractivity contribution in [2.24, 2.45) is 5.41 Å². The van der Waals surface area contributed by atoms with Crippen LogP contribution in [0.1, 0.15) is 48.1 Å². The van der Waals surface area contributed by atoms with Gasteiger partial charge in [-0.3, -0.25) is 0 Å². The summed E-state index contributed by atoms with van der Waals surface area (Å²) in [7, 11) is 2.20. The van der Waals surface area contributed by atoms with Crippen LogP contribution in [-0.2, 0) is 12.0 Å². The molecule has 3 aromatic rings. The molecular formula is C29H34N4O. The molecule has 0 radical (unpaired) electrons. The molecule has 0 atom stereocenters. The van der Waals surface area contributed by atoms with Crippen LogP contribution in [0.2, 0.25) is 0 Å². The fourth-order valence-electron chi connectivity index (χ4n) is 6.25. The van der Waals surface area contributed by atoms with E-state index >= 15 is 0 Å². The molecule has 0 amide bonds. The molecule has 1 aromatic heterocycles. The molecule has 5 nitrogen and oxygen atoms in total. The average molecular weight is 455 g/mol. The summed E-state index contributed by atoms with van der Waals surface area (Å²) in [5.74, 6) is 1.73. The summed E-state index contributed by atoms with van der Waals surface area (Å²) in [5, 5.41) is 0. The van der Waals surface area contributed by atoms with Crippen LogP contribution in [0.25, 0.3) is 0 Å². The van der Waals surface area contributed by atoms with Crippen LogP contribution in [0.4, 0.5) is 5.95 Å². The quantitative estimate of drug-likeness (QED) is 0.526. The van der Waals surface area contributed by atoms with Crippen LogP contribution >= 0.6 is 0 Å². The number of likely N-dealkylation sites (tertiary alicyclic amines) is 1. The van der Waals surface area contributed by atoms with Gasteiger partial charge in [0, 0.05) is 43.2 Å². The van der Waals surface area contributed by atoms with E-state index in [-0.39, 0.29) is 5.41 Å². The molecule has 0 N–H and O–H groups in total. The highest BCUT2D eigenvalue weighted by atomic mass is 16.5. The third kappa shape index (κ3) is 3.86. The Labute approximate surface area is 202 Å². The number of hydrogen-bond acceptors (Lipinski definition) is 5. The Morgan fingerprint density at radius 1 is 0.882 bits per heavy atom. The first-order valence-corrected chi connectivity index (χ1v) is 12.6. The summed E-state index contributed by atoms with van der Waals surface area (Å²) in [6, 6.07) is 19.8. The Morgan fingerprint density at radius 3 is 2.24 bits per heavy atom. The maximum absolute atomic E-state index is 6.12. The van der Waals surface area contributed by atoms with Gasteiger partial charge in [0.25, 0.3) is 0 Å². The smallest absolute Gasteiger partial charge is 0.225 e. The van der Waals surface area contributed by atoms with Crippen molar-refractivity contribution in [3.05, 3.63) is 83.2 Å². The first kappa shape index (κ1) is 21.6. The lowest BCUT2D eigenvalue weighted by Gasteiger charge is -2.46. The third-order valence-corrected chi connectivity index (χ3v) is 8.24. The van der Waals surface area contributed by atoms with E-state index in [1.165, 1.54) is 55.5 Å². The summed E-state index contributed by atoms with van der Waals surface area (Å²) >= 11 is 0. The van der Waals surface area contributed by atoms with Crippen molar-refractivity contribution < 1.29 is 4.74 Å². The molecule has 2 aliphatic heterocycles. The molecule has 0 bridgehead atoms. The van der Waals surface area contributed by atoms with E-state index in [2.05, 4.69) is 77.3 Å². The molecular weight excluding hydrogens is 420 g/mol. The molecule has 1 spiro atoms. The standard InChI is InChI=1S/C29H34N4O/c1-22-4-6-23(7-5-22)29(13-3-14-29)24-8-10-26(11-9-24)34-18-25-12-16-30-27(31-25)33-17-15-28(21-33)19-32(2)20-28/h4-12,16H,3,13-15,17-21H2,1-2H3. The van der Waals surface area contributed by atoms with Gasteiger partial charge < -0.3 is 14.5 Å². The molecule has 5 heteroatoms. The maximum atomic E-state index is 6.12. The number of hydrogen-bond donors (Lipinski definition) is 0. The van der Waals surface area contributed by atoms with E-state index in [0.29, 0.717) is 12.0 Å². The molecule has 6 rings (SSSR count). The first-order chi connectivity index (χ1) is 16.5. The number of rotatable bonds is 6. The lowest BCUT2D eigenvalue weighted by atomic mass is 9.60. The van der Waals surface area contributed by atoms with Crippen molar-refractivity contribution in [3.63, 3.8) is 0 Å². The number of nitrogens with zero attached hydrogens (tertiary/aromatic N) is 4. The summed E-state index contributed by atoms with van der Waals surface area (Å²) in [4.78, 5) is 14.1. The summed E-state index contributed by atoms with van der Waals surface area (Å²) < 4.78 is 6.12. The zero-order valence-corrected chi connectivity index (χ0v) is 20.3. The minimum atomic E-state index is 0.163. The van der Waals surface area contributed by atoms with Gasteiger partial charge in [0.2, 0.25) is 5.95 Å². The highest BCUT2D eigenvalue weighted by Gasteiger charge is 2.46. The van der Waals surface area contributed by atoms with Gasteiger partial charge in [0.15, 0.2) is 0 Å². The van der Waals surface area contributed by atoms with E-state index in [1.54, 1.807) is 0 Å². The van der Waals surface area contributed by atoms with Crippen molar-refractivity contribution in [3.8, 4) is 5.75 Å². The van der Waals surface area contributed by atoms with Crippen LogP contribution < -0.4 is 9.64 Å². The molecule has 3 heterocycles. The average Bonchev–Trinajstić information content (AvgIpc) is 3.24. The molecule has 3 fully saturated rings. The van der Waals surface area contributed by atoms with Crippen LogP contribution in [0.5, 0.6) is 5.75 Å². The maximum Gasteiger partial charge on any atom is 0.225 e. The fraction of sp³-hybridized carbons (Fsp3) is 0.448. The summed E-state index contributed by atoms with van der Waals surface area (Å²) in [6.45, 7) is 7.09. The van der Waals surface area contributed by atoms with Crippen molar-refractivity contribution in [1.82, 2.24) is 14.9 Å². The normalized spacial score (nSPS) is 20.7. The number of aromatic nitrogens is 2. The van der Waals surface area contributed by atoms with Gasteiger partial charge in [0.05, 0.1) is 5.69 Å². The topological polar surface area (TPSA) is 41.5 Å². The zero-order valence-electron chi connectivity index (χ0n) is 20.3. The van der Waals surface area contributed by atoms with Crippen LogP contribution in [0, 0.1) is 12.3 Å². The van der Waals surface area contributed by atoms with Crippen molar-refractivity contribution in [1.29, 1.82) is 0 Å². The molecule has 34 heavy (non-hydrogen) atoms. The Bertz CT molecular complexity index is 1150. The van der Waals surface area contributed by atoms with E-state index in [0.717, 1.165) is 30.5 Å². The summed E-state index contributed by atoms with van der Waals surface area (Å²) in [5.41, 5.74) is 5.68. The molecule has 0 unspecified atom stereocenters. The first-order valence-electron chi connectivity index (χ1n) is 12.6. The van der Waals surface area contributed by atoms with Crippen molar-refractivity contribution in [2.45, 2.75) is 44.6 Å². The van der Waals surface area contributed by atoms with E-state index < -0.39 is 0 Å². The number of aryl methyl sites for hydroxylation is 1. The number of ether oxygens (including phenoxy) is 1. The second-order valence-electron chi connectivity index (χ2n) is 10.8. The van der Waals surface area contributed by atoms with Gasteiger partial charge in [-0.15, -0.1) is 0 Å². The van der Waals surface area contributed by atoms with Crippen LogP contribution in [0.15, 0.2) is 60.8 Å². The molecule has 1 aliphatic carbocycles. The van der Waals surface area contributed by atoms with Gasteiger partial charge in [-0.2, -0.15) is 0 Å². The molecule has 2 aromatic carbocycles. The Balaban J connectivity index is 1.11. The third-order valence-electron chi connectivity index (χ3n) is 8.24. The van der Waals surface area contributed by atoms with E-state index in [4.69, 9.17) is 9.72 Å². The second kappa shape index (κ2) is 8.38. The molecule has 3 aliphatic rings. The highest BCUT2D eigenvalue weighted by molar-refractivity contribution is 5.44. The van der Waals surface area contributed by atoms with Gasteiger partial charge >= 0.3 is 0 Å². The SMILES string of the molecule is Cc1ccc(C2(c3ccc(OCc4ccnc(N5CCC6(CN(C)C6)C5)n4)cc3)CCC2)cc1. The lowest BCUT2D eigenvalue weighted by Crippen LogP contribution is -2.55. The fourth-order valence-corrected chi connectivity index (χ4v) is 6.25. The minimum Gasteiger partial charge on any atom is -0.487 e. The lowest BCUT2D eigenvalue weighted by molar-refractivity contribution is 0.0424. The van der Waals surface area contributed by atoms with Crippen molar-refractivity contribution in [2.75, 3.05) is 38.1 Å². The van der Waals surface area contributed by atoms with Crippen LogP contribution in [-0.4, -0.2) is 48.1 Å². The van der Waals surface area contributed by atoms with Gasteiger partial charge in [-0.1, -0.05) is 48.4 Å². The van der Waals surface area contributed by atoms with E-state index in [9.17, 15) is 0 Å². The molecule has 176 valence electrons. The predicted molar refractivity (Wildman–Crippen MR) is 135 cm³/mol. The predicted octanol–water partition coefficient (Wildman–Crippen LogP) is 4.98. The largest absolute Gasteiger partial charge is 0.487 e. The summed E-state index contributed by atoms with van der Waals surface area (Å²) in [6.07, 6.45) is 6.82. The van der Waals surface area contributed by atoms with E-state index in [1.807, 2.05) is 12.3 Å². The Morgan fingerprint density at radius 2 is 1.59 bits per heavy atom. The number of benzene rings is 2. The molecule has 1 saturated carbocycles. The number of anilines is 1. The highest BCUT2D eigenvalue weighted by Crippen LogP contribution is 2.49. The minimum absolute atomic E-state index is 0.163. The van der Waals surface area contributed by atoms with Crippen LogP contribution in [0.3, 0.4) is 0 Å². The Kier molecular flexibility index (Phi) is 5.33. The van der Waals surface area contributed by atoms with Gasteiger partial charge in [-0.05, 0) is 62.6 Å². The Hall–Kier alpha value is -2.92.